The van der Waals surface area contributed by atoms with Crippen molar-refractivity contribution in [3.8, 4) is 0 Å². The van der Waals surface area contributed by atoms with E-state index in [1.54, 1.807) is 19.1 Å². The SMILES string of the molecule is CCN(C(=O)O)c1cccc(CBr)c1F. The van der Waals surface area contributed by atoms with Crippen molar-refractivity contribution in [1.82, 2.24) is 0 Å². The number of rotatable bonds is 3. The molecule has 0 unspecified atom stereocenters. The van der Waals surface area contributed by atoms with Gasteiger partial charge in [-0.2, -0.15) is 0 Å². The highest BCUT2D eigenvalue weighted by molar-refractivity contribution is 9.08. The maximum absolute atomic E-state index is 13.7. The Morgan fingerprint density at radius 2 is 2.27 bits per heavy atom. The fourth-order valence-electron chi connectivity index (χ4n) is 1.29. The molecule has 82 valence electrons. The van der Waals surface area contributed by atoms with Crippen LogP contribution < -0.4 is 4.90 Å². The normalized spacial score (nSPS) is 10.1. The average molecular weight is 276 g/mol. The fourth-order valence-corrected chi connectivity index (χ4v) is 1.72. The lowest BCUT2D eigenvalue weighted by molar-refractivity contribution is 0.202. The first-order valence-electron chi connectivity index (χ1n) is 4.45. The van der Waals surface area contributed by atoms with Gasteiger partial charge in [0.15, 0.2) is 5.82 Å². The van der Waals surface area contributed by atoms with Crippen LogP contribution in [0.15, 0.2) is 18.2 Å². The van der Waals surface area contributed by atoms with Crippen LogP contribution in [0.1, 0.15) is 12.5 Å². The number of hydrogen-bond acceptors (Lipinski definition) is 1. The zero-order chi connectivity index (χ0) is 11.4. The topological polar surface area (TPSA) is 40.5 Å². The van der Waals surface area contributed by atoms with Gasteiger partial charge in [0, 0.05) is 17.4 Å². The maximum atomic E-state index is 13.7. The highest BCUT2D eigenvalue weighted by atomic mass is 79.9. The van der Waals surface area contributed by atoms with Crippen LogP contribution in [-0.2, 0) is 5.33 Å². The molecule has 1 N–H and O–H groups in total. The summed E-state index contributed by atoms with van der Waals surface area (Å²) in [5, 5.41) is 9.23. The van der Waals surface area contributed by atoms with Gasteiger partial charge in [-0.3, -0.25) is 4.90 Å². The number of nitrogens with zero attached hydrogens (tertiary/aromatic N) is 1. The number of benzene rings is 1. The minimum absolute atomic E-state index is 0.0990. The van der Waals surface area contributed by atoms with E-state index in [-0.39, 0.29) is 12.2 Å². The van der Waals surface area contributed by atoms with E-state index in [4.69, 9.17) is 5.11 Å². The molecule has 0 aliphatic rings. The van der Waals surface area contributed by atoms with Crippen LogP contribution in [0, 0.1) is 5.82 Å². The lowest BCUT2D eigenvalue weighted by Crippen LogP contribution is -2.29. The van der Waals surface area contributed by atoms with Gasteiger partial charge in [0.1, 0.15) is 0 Å². The second kappa shape index (κ2) is 5.11. The fraction of sp³-hybridized carbons (Fsp3) is 0.300. The molecular weight excluding hydrogens is 265 g/mol. The van der Waals surface area contributed by atoms with E-state index < -0.39 is 11.9 Å². The summed E-state index contributed by atoms with van der Waals surface area (Å²) in [5.74, 6) is -0.487. The zero-order valence-corrected chi connectivity index (χ0v) is 9.79. The van der Waals surface area contributed by atoms with Crippen molar-refractivity contribution in [1.29, 1.82) is 0 Å². The van der Waals surface area contributed by atoms with E-state index in [2.05, 4.69) is 15.9 Å². The number of alkyl halides is 1. The Hall–Kier alpha value is -1.10. The highest BCUT2D eigenvalue weighted by Crippen LogP contribution is 2.23. The van der Waals surface area contributed by atoms with Crippen molar-refractivity contribution >= 4 is 27.7 Å². The Morgan fingerprint density at radius 3 is 2.73 bits per heavy atom. The summed E-state index contributed by atoms with van der Waals surface area (Å²) < 4.78 is 13.7. The van der Waals surface area contributed by atoms with Gasteiger partial charge in [-0.1, -0.05) is 28.1 Å². The number of amides is 1. The summed E-state index contributed by atoms with van der Waals surface area (Å²) in [4.78, 5) is 11.8. The number of halogens is 2. The molecule has 0 bridgehead atoms. The van der Waals surface area contributed by atoms with Gasteiger partial charge in [-0.25, -0.2) is 9.18 Å². The molecule has 15 heavy (non-hydrogen) atoms. The quantitative estimate of drug-likeness (QED) is 0.861. The largest absolute Gasteiger partial charge is 0.465 e. The summed E-state index contributed by atoms with van der Waals surface area (Å²) in [7, 11) is 0. The second-order valence-electron chi connectivity index (χ2n) is 2.91. The number of hydrogen-bond donors (Lipinski definition) is 1. The molecule has 5 heteroatoms. The number of carboxylic acid groups (broad SMARTS) is 1. The Morgan fingerprint density at radius 1 is 1.60 bits per heavy atom. The van der Waals surface area contributed by atoms with E-state index >= 15 is 0 Å². The molecule has 1 aromatic rings. The van der Waals surface area contributed by atoms with Gasteiger partial charge >= 0.3 is 6.09 Å². The molecule has 0 aliphatic carbocycles. The highest BCUT2D eigenvalue weighted by Gasteiger charge is 2.17. The average Bonchev–Trinajstić information content (AvgIpc) is 2.21. The van der Waals surface area contributed by atoms with Crippen molar-refractivity contribution in [2.75, 3.05) is 11.4 Å². The number of anilines is 1. The lowest BCUT2D eigenvalue weighted by Gasteiger charge is -2.18. The third-order valence-corrected chi connectivity index (χ3v) is 2.64. The molecule has 0 atom stereocenters. The first-order chi connectivity index (χ1) is 7.11. The first-order valence-corrected chi connectivity index (χ1v) is 5.57. The Balaban J connectivity index is 3.18. The molecule has 0 radical (unpaired) electrons. The van der Waals surface area contributed by atoms with Crippen LogP contribution in [0.3, 0.4) is 0 Å². The Kier molecular flexibility index (Phi) is 4.08. The lowest BCUT2D eigenvalue weighted by atomic mass is 10.2. The third kappa shape index (κ3) is 2.47. The summed E-state index contributed by atoms with van der Waals surface area (Å²) in [5.41, 5.74) is 0.550. The van der Waals surface area contributed by atoms with Gasteiger partial charge in [-0.15, -0.1) is 0 Å². The Bertz CT molecular complexity index is 370. The van der Waals surface area contributed by atoms with E-state index in [1.165, 1.54) is 6.07 Å². The molecule has 0 aliphatic heterocycles. The molecule has 1 rings (SSSR count). The second-order valence-corrected chi connectivity index (χ2v) is 3.47. The van der Waals surface area contributed by atoms with Crippen molar-refractivity contribution in [3.05, 3.63) is 29.6 Å². The third-order valence-electron chi connectivity index (χ3n) is 2.04. The van der Waals surface area contributed by atoms with Gasteiger partial charge in [-0.05, 0) is 13.0 Å². The Labute approximate surface area is 95.6 Å². The standard InChI is InChI=1S/C10H11BrFNO2/c1-2-13(10(14)15)8-5-3-4-7(6-11)9(8)12/h3-5H,2,6H2,1H3,(H,14,15). The van der Waals surface area contributed by atoms with Gasteiger partial charge in [0.05, 0.1) is 5.69 Å². The molecule has 0 spiro atoms. The molecule has 0 aromatic heterocycles. The van der Waals surface area contributed by atoms with Crippen LogP contribution in [0.25, 0.3) is 0 Å². The van der Waals surface area contributed by atoms with Gasteiger partial charge in [0.25, 0.3) is 0 Å². The predicted octanol–water partition coefficient (Wildman–Crippen LogP) is 3.22. The molecule has 0 saturated heterocycles. The van der Waals surface area contributed by atoms with Crippen LogP contribution in [0.2, 0.25) is 0 Å². The maximum Gasteiger partial charge on any atom is 0.411 e. The molecule has 3 nitrogen and oxygen atoms in total. The van der Waals surface area contributed by atoms with Crippen LogP contribution in [-0.4, -0.2) is 17.7 Å². The zero-order valence-electron chi connectivity index (χ0n) is 8.20. The molecule has 1 aromatic carbocycles. The smallest absolute Gasteiger partial charge is 0.411 e. The van der Waals surface area contributed by atoms with E-state index in [9.17, 15) is 9.18 Å². The van der Waals surface area contributed by atoms with Gasteiger partial charge in [0.2, 0.25) is 0 Å². The summed E-state index contributed by atoms with van der Waals surface area (Å²) in [6, 6.07) is 4.71. The van der Waals surface area contributed by atoms with E-state index in [0.717, 1.165) is 4.90 Å². The molecule has 0 saturated carbocycles. The summed E-state index contributed by atoms with van der Waals surface area (Å²) >= 11 is 3.14. The van der Waals surface area contributed by atoms with Crippen LogP contribution >= 0.6 is 15.9 Å². The van der Waals surface area contributed by atoms with E-state index in [0.29, 0.717) is 10.9 Å². The van der Waals surface area contributed by atoms with Crippen molar-refractivity contribution in [2.24, 2.45) is 0 Å². The molecular formula is C10H11BrFNO2. The van der Waals surface area contributed by atoms with Crippen molar-refractivity contribution in [2.45, 2.75) is 12.3 Å². The van der Waals surface area contributed by atoms with Crippen LogP contribution in [0.5, 0.6) is 0 Å². The summed E-state index contributed by atoms with van der Waals surface area (Å²) in [6.07, 6.45) is -1.15. The first kappa shape index (κ1) is 12.0. The monoisotopic (exact) mass is 275 g/mol. The summed E-state index contributed by atoms with van der Waals surface area (Å²) in [6.45, 7) is 1.88. The molecule has 0 heterocycles. The van der Waals surface area contributed by atoms with Gasteiger partial charge < -0.3 is 5.11 Å². The van der Waals surface area contributed by atoms with E-state index in [1.807, 2.05) is 0 Å². The minimum atomic E-state index is -1.15. The molecule has 0 fully saturated rings. The molecule has 1 amide bonds. The minimum Gasteiger partial charge on any atom is -0.465 e. The number of carbonyl (C=O) groups is 1. The van der Waals surface area contributed by atoms with Crippen molar-refractivity contribution < 1.29 is 14.3 Å². The predicted molar refractivity (Wildman–Crippen MR) is 60.1 cm³/mol. The van der Waals surface area contributed by atoms with Crippen LogP contribution in [0.4, 0.5) is 14.9 Å². The van der Waals surface area contributed by atoms with Crippen molar-refractivity contribution in [3.63, 3.8) is 0 Å².